The van der Waals surface area contributed by atoms with Crippen LogP contribution in [0.3, 0.4) is 0 Å². The molecule has 1 aliphatic heterocycles. The van der Waals surface area contributed by atoms with E-state index < -0.39 is 0 Å². The van der Waals surface area contributed by atoms with Crippen molar-refractivity contribution in [2.75, 3.05) is 18.1 Å². The molecule has 2 atom stereocenters. The summed E-state index contributed by atoms with van der Waals surface area (Å²) in [5.74, 6) is 0.860. The molecule has 0 amide bonds. The van der Waals surface area contributed by atoms with E-state index in [9.17, 15) is 9.90 Å². The van der Waals surface area contributed by atoms with Gasteiger partial charge in [0.1, 0.15) is 0 Å². The molecule has 2 unspecified atom stereocenters. The van der Waals surface area contributed by atoms with E-state index >= 15 is 0 Å². The molecule has 0 bridgehead atoms. The Labute approximate surface area is 107 Å². The number of anilines is 1. The zero-order valence-corrected chi connectivity index (χ0v) is 11.2. The fraction of sp³-hybridized carbons (Fsp3) is 0.692. The van der Waals surface area contributed by atoms with E-state index in [1.165, 1.54) is 0 Å². The van der Waals surface area contributed by atoms with Gasteiger partial charge in [0.05, 0.1) is 12.6 Å². The number of aliphatic hydroxyl groups is 1. The van der Waals surface area contributed by atoms with Crippen LogP contribution in [0.25, 0.3) is 0 Å². The third-order valence-corrected chi connectivity index (χ3v) is 3.75. The molecular weight excluding hydrogens is 230 g/mol. The molecule has 5 nitrogen and oxygen atoms in total. The van der Waals surface area contributed by atoms with E-state index in [0.29, 0.717) is 11.7 Å². The Kier molecular flexibility index (Phi) is 3.71. The lowest BCUT2D eigenvalue weighted by Gasteiger charge is -2.26. The maximum absolute atomic E-state index is 12.3. The van der Waals surface area contributed by atoms with Gasteiger partial charge in [-0.25, -0.2) is 4.98 Å². The van der Waals surface area contributed by atoms with Crippen molar-refractivity contribution < 1.29 is 5.11 Å². The van der Waals surface area contributed by atoms with Gasteiger partial charge in [-0.3, -0.25) is 4.79 Å². The highest BCUT2D eigenvalue weighted by Gasteiger charge is 2.33. The number of rotatable bonds is 3. The molecule has 1 aromatic heterocycles. The van der Waals surface area contributed by atoms with E-state index in [0.717, 1.165) is 13.0 Å². The van der Waals surface area contributed by atoms with Gasteiger partial charge in [-0.05, 0) is 26.2 Å². The maximum atomic E-state index is 12.3. The lowest BCUT2D eigenvalue weighted by atomic mass is 10.0. The Hall–Kier alpha value is -1.36. The highest BCUT2D eigenvalue weighted by molar-refractivity contribution is 5.39. The van der Waals surface area contributed by atoms with Crippen molar-refractivity contribution >= 4 is 5.82 Å². The van der Waals surface area contributed by atoms with Crippen LogP contribution in [-0.4, -0.2) is 33.9 Å². The van der Waals surface area contributed by atoms with E-state index in [2.05, 4.69) is 11.9 Å². The molecule has 100 valence electrons. The molecule has 0 saturated carbocycles. The average Bonchev–Trinajstić information content (AvgIpc) is 2.70. The molecule has 18 heavy (non-hydrogen) atoms. The summed E-state index contributed by atoms with van der Waals surface area (Å²) < 4.78 is 1.68. The van der Waals surface area contributed by atoms with Gasteiger partial charge in [0.25, 0.3) is 5.56 Å². The van der Waals surface area contributed by atoms with Crippen LogP contribution in [0, 0.1) is 5.92 Å². The van der Waals surface area contributed by atoms with Crippen LogP contribution in [0.5, 0.6) is 0 Å². The van der Waals surface area contributed by atoms with Crippen molar-refractivity contribution in [3.63, 3.8) is 0 Å². The van der Waals surface area contributed by atoms with Crippen LogP contribution < -0.4 is 10.5 Å². The quantitative estimate of drug-likeness (QED) is 0.871. The van der Waals surface area contributed by atoms with Crippen molar-refractivity contribution in [3.05, 3.63) is 22.7 Å². The number of aromatic nitrogens is 2. The second-order valence-corrected chi connectivity index (χ2v) is 5.27. The molecule has 5 heteroatoms. The fourth-order valence-corrected chi connectivity index (χ4v) is 2.57. The molecule has 1 N–H and O–H groups in total. The summed E-state index contributed by atoms with van der Waals surface area (Å²) in [6.07, 6.45) is 4.36. The highest BCUT2D eigenvalue weighted by Crippen LogP contribution is 2.26. The topological polar surface area (TPSA) is 58.4 Å². The van der Waals surface area contributed by atoms with Gasteiger partial charge in [-0.15, -0.1) is 0 Å². The van der Waals surface area contributed by atoms with E-state index in [-0.39, 0.29) is 24.2 Å². The Morgan fingerprint density at radius 3 is 2.89 bits per heavy atom. The summed E-state index contributed by atoms with van der Waals surface area (Å²) >= 11 is 0. The Bertz CT molecular complexity index is 470. The predicted molar refractivity (Wildman–Crippen MR) is 70.9 cm³/mol. The van der Waals surface area contributed by atoms with Gasteiger partial charge in [-0.2, -0.15) is 0 Å². The first kappa shape index (κ1) is 13.1. The normalized spacial score (nSPS) is 23.9. The minimum absolute atomic E-state index is 0.00760. The van der Waals surface area contributed by atoms with Crippen molar-refractivity contribution in [1.82, 2.24) is 9.55 Å². The van der Waals surface area contributed by atoms with Crippen LogP contribution in [0.4, 0.5) is 5.82 Å². The number of aliphatic hydroxyl groups excluding tert-OH is 1. The Morgan fingerprint density at radius 1 is 1.56 bits per heavy atom. The first-order valence-corrected chi connectivity index (χ1v) is 6.51. The number of hydrogen-bond donors (Lipinski definition) is 1. The van der Waals surface area contributed by atoms with E-state index in [1.807, 2.05) is 18.7 Å². The molecule has 1 aromatic rings. The minimum atomic E-state index is -0.0694. The van der Waals surface area contributed by atoms with Gasteiger partial charge >= 0.3 is 0 Å². The summed E-state index contributed by atoms with van der Waals surface area (Å²) in [6, 6.07) is 0.125. The second kappa shape index (κ2) is 5.10. The smallest absolute Gasteiger partial charge is 0.293 e. The summed E-state index contributed by atoms with van der Waals surface area (Å²) in [4.78, 5) is 18.5. The predicted octanol–water partition coefficient (Wildman–Crippen LogP) is 1.03. The van der Waals surface area contributed by atoms with Gasteiger partial charge in [-0.1, -0.05) is 6.92 Å². The van der Waals surface area contributed by atoms with Crippen LogP contribution in [0.1, 0.15) is 33.2 Å². The average molecular weight is 251 g/mol. The van der Waals surface area contributed by atoms with Gasteiger partial charge in [0.2, 0.25) is 0 Å². The first-order chi connectivity index (χ1) is 8.56. The molecule has 0 aromatic carbocycles. The molecule has 1 fully saturated rings. The van der Waals surface area contributed by atoms with Crippen molar-refractivity contribution in [2.24, 2.45) is 5.92 Å². The molecule has 0 aliphatic carbocycles. The SMILES string of the molecule is CC1CCN(c2nccn(C(C)C)c2=O)C1CO. The molecule has 1 aliphatic rings. The first-order valence-electron chi connectivity index (χ1n) is 6.51. The Balaban J connectivity index is 2.40. The molecular formula is C13H21N3O2. The summed E-state index contributed by atoms with van der Waals surface area (Å²) in [7, 11) is 0. The molecule has 0 spiro atoms. The molecule has 2 heterocycles. The molecule has 0 radical (unpaired) electrons. The third-order valence-electron chi connectivity index (χ3n) is 3.75. The summed E-state index contributed by atoms with van der Waals surface area (Å²) in [5, 5.41) is 9.46. The van der Waals surface area contributed by atoms with Crippen molar-refractivity contribution in [2.45, 2.75) is 39.3 Å². The summed E-state index contributed by atoms with van der Waals surface area (Å²) in [5.41, 5.74) is -0.0694. The maximum Gasteiger partial charge on any atom is 0.293 e. The standard InChI is InChI=1S/C13H21N3O2/c1-9(2)15-7-5-14-12(13(15)18)16-6-4-10(3)11(16)8-17/h5,7,9-11,17H,4,6,8H2,1-3H3. The third kappa shape index (κ3) is 2.14. The fourth-order valence-electron chi connectivity index (χ4n) is 2.57. The molecule has 2 rings (SSSR count). The minimum Gasteiger partial charge on any atom is -0.394 e. The van der Waals surface area contributed by atoms with Gasteiger partial charge in [0, 0.05) is 25.0 Å². The lowest BCUT2D eigenvalue weighted by molar-refractivity contribution is 0.244. The van der Waals surface area contributed by atoms with E-state index in [4.69, 9.17) is 0 Å². The monoisotopic (exact) mass is 251 g/mol. The van der Waals surface area contributed by atoms with E-state index in [1.54, 1.807) is 17.0 Å². The Morgan fingerprint density at radius 2 is 2.28 bits per heavy atom. The van der Waals surface area contributed by atoms with Crippen molar-refractivity contribution in [3.8, 4) is 0 Å². The second-order valence-electron chi connectivity index (χ2n) is 5.27. The zero-order chi connectivity index (χ0) is 13.3. The molecule has 1 saturated heterocycles. The van der Waals surface area contributed by atoms with Crippen LogP contribution in [0.15, 0.2) is 17.2 Å². The van der Waals surface area contributed by atoms with Crippen LogP contribution in [0.2, 0.25) is 0 Å². The number of hydrogen-bond acceptors (Lipinski definition) is 4. The van der Waals surface area contributed by atoms with Gasteiger partial charge in [0.15, 0.2) is 5.82 Å². The lowest BCUT2D eigenvalue weighted by Crippen LogP contribution is -2.40. The largest absolute Gasteiger partial charge is 0.394 e. The van der Waals surface area contributed by atoms with Gasteiger partial charge < -0.3 is 14.6 Å². The van der Waals surface area contributed by atoms with Crippen LogP contribution >= 0.6 is 0 Å². The number of nitrogens with zero attached hydrogens (tertiary/aromatic N) is 3. The van der Waals surface area contributed by atoms with Crippen LogP contribution in [-0.2, 0) is 0 Å². The summed E-state index contributed by atoms with van der Waals surface area (Å²) in [6.45, 7) is 6.91. The highest BCUT2D eigenvalue weighted by atomic mass is 16.3. The zero-order valence-electron chi connectivity index (χ0n) is 11.2. The van der Waals surface area contributed by atoms with Crippen molar-refractivity contribution in [1.29, 1.82) is 0 Å².